The molecule has 3 aliphatic rings. The molecule has 3 aliphatic carbocycles. The van der Waals surface area contributed by atoms with Gasteiger partial charge in [-0.25, -0.2) is 8.42 Å². The summed E-state index contributed by atoms with van der Waals surface area (Å²) in [6, 6.07) is 6.21. The molecule has 5 heteroatoms. The molecule has 0 bridgehead atoms. The van der Waals surface area contributed by atoms with Crippen molar-refractivity contribution < 1.29 is 13.2 Å². The number of aryl methyl sites for hydroxylation is 2. The van der Waals surface area contributed by atoms with Gasteiger partial charge in [0.1, 0.15) is 0 Å². The minimum absolute atomic E-state index is 0.0483. The molecule has 0 spiro atoms. The molecule has 1 aromatic rings. The van der Waals surface area contributed by atoms with Crippen LogP contribution < -0.4 is 0 Å². The van der Waals surface area contributed by atoms with Crippen LogP contribution in [0.25, 0.3) is 0 Å². The molecule has 4 rings (SSSR count). The number of benzene rings is 1. The molecular formula is C23H33NO3S. The van der Waals surface area contributed by atoms with Crippen molar-refractivity contribution in [1.29, 1.82) is 0 Å². The number of carbonyl (C=O) groups is 1. The lowest BCUT2D eigenvalue weighted by Gasteiger charge is -2.37. The molecule has 1 aromatic carbocycles. The third-order valence-corrected chi connectivity index (χ3v) is 8.74. The summed E-state index contributed by atoms with van der Waals surface area (Å²) in [7, 11) is -3.41. The molecule has 1 amide bonds. The third-order valence-electron chi connectivity index (χ3n) is 7.03. The highest BCUT2D eigenvalue weighted by Crippen LogP contribution is 2.36. The second-order valence-electron chi connectivity index (χ2n) is 8.97. The molecular weight excluding hydrogens is 370 g/mol. The Bertz CT molecular complexity index is 820. The fourth-order valence-corrected chi connectivity index (χ4v) is 6.38. The predicted octanol–water partition coefficient (Wildman–Crippen LogP) is 4.30. The summed E-state index contributed by atoms with van der Waals surface area (Å²) in [5.41, 5.74) is 2.44. The van der Waals surface area contributed by atoms with Crippen LogP contribution in [0, 0.1) is 5.92 Å². The van der Waals surface area contributed by atoms with Gasteiger partial charge in [0.15, 0.2) is 9.84 Å². The van der Waals surface area contributed by atoms with E-state index in [2.05, 4.69) is 11.8 Å². The smallest absolute Gasteiger partial charge is 0.224 e. The Hall–Kier alpha value is -1.36. The zero-order valence-electron chi connectivity index (χ0n) is 17.0. The summed E-state index contributed by atoms with van der Waals surface area (Å²) in [6.45, 7) is 2.25. The quantitative estimate of drug-likeness (QED) is 0.682. The standard InChI is InChI=1S/C23H33NO3S/c1-2-17-6-9-20(10-7-17)24(21-11-12-21)23(25)14-15-28(26,27)22-13-8-18-4-3-5-19(18)16-22/h8,13,16-17,20-21H,2-7,9-12,14-15H2,1H3. The fourth-order valence-electron chi connectivity index (χ4n) is 5.10. The maximum Gasteiger partial charge on any atom is 0.224 e. The van der Waals surface area contributed by atoms with Crippen LogP contribution in [-0.2, 0) is 27.5 Å². The summed E-state index contributed by atoms with van der Waals surface area (Å²) in [5.74, 6) is 0.776. The highest BCUT2D eigenvalue weighted by Gasteiger charge is 2.38. The third kappa shape index (κ3) is 4.29. The number of sulfone groups is 1. The molecule has 0 aromatic heterocycles. The predicted molar refractivity (Wildman–Crippen MR) is 111 cm³/mol. The van der Waals surface area contributed by atoms with Crippen molar-refractivity contribution in [2.24, 2.45) is 5.92 Å². The highest BCUT2D eigenvalue weighted by molar-refractivity contribution is 7.91. The van der Waals surface area contributed by atoms with E-state index in [1.54, 1.807) is 6.07 Å². The minimum atomic E-state index is -3.41. The van der Waals surface area contributed by atoms with E-state index >= 15 is 0 Å². The van der Waals surface area contributed by atoms with Crippen molar-refractivity contribution in [2.75, 3.05) is 5.75 Å². The van der Waals surface area contributed by atoms with Crippen molar-refractivity contribution in [1.82, 2.24) is 4.90 Å². The first-order chi connectivity index (χ1) is 13.5. The van der Waals surface area contributed by atoms with Gasteiger partial charge in [-0.15, -0.1) is 0 Å². The van der Waals surface area contributed by atoms with E-state index in [-0.39, 0.29) is 18.1 Å². The van der Waals surface area contributed by atoms with Crippen LogP contribution in [0.2, 0.25) is 0 Å². The lowest BCUT2D eigenvalue weighted by atomic mass is 9.84. The minimum Gasteiger partial charge on any atom is -0.337 e. The summed E-state index contributed by atoms with van der Waals surface area (Å²) in [5, 5.41) is 0. The van der Waals surface area contributed by atoms with Crippen LogP contribution in [0.4, 0.5) is 0 Å². The van der Waals surface area contributed by atoms with Crippen LogP contribution in [-0.4, -0.2) is 37.1 Å². The Balaban J connectivity index is 1.39. The van der Waals surface area contributed by atoms with Gasteiger partial charge in [0, 0.05) is 18.5 Å². The number of hydrogen-bond donors (Lipinski definition) is 0. The van der Waals surface area contributed by atoms with E-state index in [1.165, 1.54) is 30.4 Å². The van der Waals surface area contributed by atoms with Gasteiger partial charge in [0.25, 0.3) is 0 Å². The monoisotopic (exact) mass is 403 g/mol. The Morgan fingerprint density at radius 1 is 1.00 bits per heavy atom. The molecule has 2 fully saturated rings. The molecule has 0 aliphatic heterocycles. The first-order valence-electron chi connectivity index (χ1n) is 11.1. The summed E-state index contributed by atoms with van der Waals surface area (Å²) < 4.78 is 25.7. The van der Waals surface area contributed by atoms with E-state index < -0.39 is 9.84 Å². The molecule has 4 nitrogen and oxygen atoms in total. The van der Waals surface area contributed by atoms with Crippen molar-refractivity contribution in [3.8, 4) is 0 Å². The van der Waals surface area contributed by atoms with Crippen LogP contribution in [0.5, 0.6) is 0 Å². The van der Waals surface area contributed by atoms with E-state index in [9.17, 15) is 13.2 Å². The number of fused-ring (bicyclic) bond motifs is 1. The van der Waals surface area contributed by atoms with Crippen LogP contribution in [0.15, 0.2) is 23.1 Å². The van der Waals surface area contributed by atoms with Crippen molar-refractivity contribution in [3.63, 3.8) is 0 Å². The van der Waals surface area contributed by atoms with Gasteiger partial charge >= 0.3 is 0 Å². The molecule has 0 unspecified atom stereocenters. The van der Waals surface area contributed by atoms with Gasteiger partial charge in [0.2, 0.25) is 5.91 Å². The van der Waals surface area contributed by atoms with Gasteiger partial charge in [0.05, 0.1) is 10.6 Å². The van der Waals surface area contributed by atoms with Crippen molar-refractivity contribution in [3.05, 3.63) is 29.3 Å². The summed E-state index contributed by atoms with van der Waals surface area (Å²) in [4.78, 5) is 15.5. The van der Waals surface area contributed by atoms with Crippen LogP contribution >= 0.6 is 0 Å². The van der Waals surface area contributed by atoms with E-state index in [0.717, 1.165) is 50.9 Å². The summed E-state index contributed by atoms with van der Waals surface area (Å²) >= 11 is 0. The highest BCUT2D eigenvalue weighted by atomic mass is 32.2. The second kappa shape index (κ2) is 8.17. The van der Waals surface area contributed by atoms with Crippen LogP contribution in [0.3, 0.4) is 0 Å². The molecule has 0 atom stereocenters. The maximum absolute atomic E-state index is 13.0. The first kappa shape index (κ1) is 19.9. The lowest BCUT2D eigenvalue weighted by molar-refractivity contribution is -0.134. The van der Waals surface area contributed by atoms with E-state index in [0.29, 0.717) is 17.0 Å². The number of carbonyl (C=O) groups excluding carboxylic acids is 1. The second-order valence-corrected chi connectivity index (χ2v) is 11.1. The SMILES string of the molecule is CCC1CCC(N(C(=O)CCS(=O)(=O)c2ccc3c(c2)CCC3)C2CC2)CC1. The summed E-state index contributed by atoms with van der Waals surface area (Å²) in [6.07, 6.45) is 11.2. The number of hydrogen-bond acceptors (Lipinski definition) is 3. The topological polar surface area (TPSA) is 54.5 Å². The van der Waals surface area contributed by atoms with Gasteiger partial charge < -0.3 is 4.90 Å². The largest absolute Gasteiger partial charge is 0.337 e. The van der Waals surface area contributed by atoms with Gasteiger partial charge in [-0.05, 0) is 87.0 Å². The maximum atomic E-state index is 13.0. The number of amides is 1. The fraction of sp³-hybridized carbons (Fsp3) is 0.696. The molecule has 0 N–H and O–H groups in total. The first-order valence-corrected chi connectivity index (χ1v) is 12.8. The van der Waals surface area contributed by atoms with Crippen molar-refractivity contribution >= 4 is 15.7 Å². The van der Waals surface area contributed by atoms with Crippen molar-refractivity contribution in [2.45, 2.75) is 94.5 Å². The van der Waals surface area contributed by atoms with E-state index in [1.807, 2.05) is 12.1 Å². The average molecular weight is 404 g/mol. The Kier molecular flexibility index (Phi) is 5.82. The molecule has 28 heavy (non-hydrogen) atoms. The molecule has 0 heterocycles. The van der Waals surface area contributed by atoms with Gasteiger partial charge in [-0.2, -0.15) is 0 Å². The molecule has 0 saturated heterocycles. The zero-order valence-corrected chi connectivity index (χ0v) is 17.8. The van der Waals surface area contributed by atoms with Crippen LogP contribution in [0.1, 0.15) is 75.8 Å². The molecule has 2 saturated carbocycles. The van der Waals surface area contributed by atoms with E-state index in [4.69, 9.17) is 0 Å². The number of nitrogens with zero attached hydrogens (tertiary/aromatic N) is 1. The van der Waals surface area contributed by atoms with Gasteiger partial charge in [-0.1, -0.05) is 19.4 Å². The zero-order chi connectivity index (χ0) is 19.7. The molecule has 0 radical (unpaired) electrons. The normalized spacial score (nSPS) is 24.8. The Morgan fingerprint density at radius 2 is 1.64 bits per heavy atom. The van der Waals surface area contributed by atoms with Gasteiger partial charge in [-0.3, -0.25) is 4.79 Å². The average Bonchev–Trinajstić information content (AvgIpc) is 3.42. The lowest BCUT2D eigenvalue weighted by Crippen LogP contribution is -2.44. The number of rotatable bonds is 7. The molecule has 154 valence electrons. The Morgan fingerprint density at radius 3 is 2.29 bits per heavy atom. The Labute approximate surface area is 169 Å².